The number of thioether (sulfide) groups is 1. The Morgan fingerprint density at radius 3 is 3.05 bits per heavy atom. The fourth-order valence-electron chi connectivity index (χ4n) is 2.99. The van der Waals surface area contributed by atoms with E-state index in [9.17, 15) is 4.79 Å². The Hall–Kier alpha value is -1.40. The first kappa shape index (κ1) is 15.5. The zero-order valence-electron chi connectivity index (χ0n) is 12.7. The maximum atomic E-state index is 12.7. The molecule has 4 nitrogen and oxygen atoms in total. The third-order valence-corrected chi connectivity index (χ3v) is 6.02. The zero-order valence-corrected chi connectivity index (χ0v) is 14.4. The molecule has 1 aliphatic rings. The number of fused-ring (bicyclic) bond motifs is 1. The molecule has 0 N–H and O–H groups in total. The van der Waals surface area contributed by atoms with Crippen LogP contribution in [0.2, 0.25) is 0 Å². The largest absolute Gasteiger partial charge is 0.338 e. The van der Waals surface area contributed by atoms with E-state index in [2.05, 4.69) is 34.5 Å². The van der Waals surface area contributed by atoms with Crippen molar-refractivity contribution >= 4 is 29.0 Å². The van der Waals surface area contributed by atoms with Crippen molar-refractivity contribution in [3.05, 3.63) is 40.9 Å². The van der Waals surface area contributed by atoms with Crippen LogP contribution in [0.4, 0.5) is 0 Å². The highest BCUT2D eigenvalue weighted by atomic mass is 32.2. The molecule has 2 aromatic rings. The predicted molar refractivity (Wildman–Crippen MR) is 90.1 cm³/mol. The predicted octanol–water partition coefficient (Wildman–Crippen LogP) is 3.55. The second-order valence-corrected chi connectivity index (χ2v) is 7.94. The van der Waals surface area contributed by atoms with Gasteiger partial charge in [0.05, 0.1) is 11.3 Å². The summed E-state index contributed by atoms with van der Waals surface area (Å²) in [5.74, 6) is 0.155. The molecule has 3 rings (SSSR count). The van der Waals surface area contributed by atoms with Gasteiger partial charge in [-0.25, -0.2) is 0 Å². The number of rotatable bonds is 4. The molecule has 0 aliphatic heterocycles. The van der Waals surface area contributed by atoms with Crippen LogP contribution in [0.5, 0.6) is 0 Å². The molecule has 1 heterocycles. The molecule has 22 heavy (non-hydrogen) atoms. The molecule has 0 radical (unpaired) electrons. The van der Waals surface area contributed by atoms with Crippen molar-refractivity contribution in [2.45, 2.75) is 41.8 Å². The van der Waals surface area contributed by atoms with Crippen LogP contribution in [0.15, 0.2) is 34.1 Å². The average molecular weight is 333 g/mol. The molecule has 0 saturated carbocycles. The van der Waals surface area contributed by atoms with Crippen LogP contribution in [0, 0.1) is 0 Å². The molecule has 0 unspecified atom stereocenters. The molecule has 1 amide bonds. The Morgan fingerprint density at radius 2 is 2.27 bits per heavy atom. The number of carbonyl (C=O) groups is 1. The van der Waals surface area contributed by atoms with Crippen LogP contribution >= 0.6 is 23.1 Å². The van der Waals surface area contributed by atoms with Crippen LogP contribution in [-0.2, 0) is 11.2 Å². The van der Waals surface area contributed by atoms with Gasteiger partial charge >= 0.3 is 0 Å². The number of nitrogens with zero attached hydrogens (tertiary/aromatic N) is 3. The summed E-state index contributed by atoms with van der Waals surface area (Å²) in [4.78, 5) is 14.7. The first-order valence-corrected chi connectivity index (χ1v) is 9.20. The van der Waals surface area contributed by atoms with E-state index >= 15 is 0 Å². The van der Waals surface area contributed by atoms with Crippen LogP contribution < -0.4 is 0 Å². The molecule has 0 bridgehead atoms. The Bertz CT molecular complexity index is 645. The standard InChI is InChI=1S/C16H19N3OS2/c1-11(22-16-18-17-10-21-16)15(20)19(2)14-9-5-7-12-6-3-4-8-13(12)14/h3-4,6,8,10-11,14H,5,7,9H2,1-2H3/t11-,14+/m1/s1. The van der Waals surface area contributed by atoms with Crippen LogP contribution in [-0.4, -0.2) is 33.3 Å². The summed E-state index contributed by atoms with van der Waals surface area (Å²) in [6, 6.07) is 8.67. The normalized spacial score (nSPS) is 18.5. The molecule has 0 fully saturated rings. The van der Waals surface area contributed by atoms with Crippen molar-refractivity contribution in [3.63, 3.8) is 0 Å². The topological polar surface area (TPSA) is 46.1 Å². The number of benzene rings is 1. The number of aryl methyl sites for hydroxylation is 1. The Morgan fingerprint density at radius 1 is 1.45 bits per heavy atom. The molecule has 0 spiro atoms. The average Bonchev–Trinajstić information content (AvgIpc) is 3.05. The lowest BCUT2D eigenvalue weighted by Crippen LogP contribution is -2.37. The highest BCUT2D eigenvalue weighted by Crippen LogP contribution is 2.35. The van der Waals surface area contributed by atoms with Gasteiger partial charge in [-0.15, -0.1) is 10.2 Å². The molecule has 1 aromatic carbocycles. The van der Waals surface area contributed by atoms with Gasteiger partial charge in [0.1, 0.15) is 5.51 Å². The molecule has 1 aliphatic carbocycles. The second kappa shape index (κ2) is 6.79. The Balaban J connectivity index is 1.73. The van der Waals surface area contributed by atoms with E-state index < -0.39 is 0 Å². The van der Waals surface area contributed by atoms with Crippen LogP contribution in [0.1, 0.15) is 36.9 Å². The van der Waals surface area contributed by atoms with E-state index in [0.717, 1.165) is 23.6 Å². The number of carbonyl (C=O) groups excluding carboxylic acids is 1. The maximum Gasteiger partial charge on any atom is 0.236 e. The van der Waals surface area contributed by atoms with Gasteiger partial charge in [0.25, 0.3) is 0 Å². The summed E-state index contributed by atoms with van der Waals surface area (Å²) in [7, 11) is 1.92. The van der Waals surface area contributed by atoms with Gasteiger partial charge < -0.3 is 4.90 Å². The third-order valence-electron chi connectivity index (χ3n) is 4.12. The number of aromatic nitrogens is 2. The minimum Gasteiger partial charge on any atom is -0.338 e. The highest BCUT2D eigenvalue weighted by Gasteiger charge is 2.29. The van der Waals surface area contributed by atoms with E-state index in [1.54, 1.807) is 5.51 Å². The lowest BCUT2D eigenvalue weighted by atomic mass is 9.87. The van der Waals surface area contributed by atoms with Crippen LogP contribution in [0.3, 0.4) is 0 Å². The molecule has 116 valence electrons. The minimum atomic E-state index is -0.146. The molecule has 1 aromatic heterocycles. The third kappa shape index (κ3) is 3.17. The molecule has 6 heteroatoms. The molecule has 0 saturated heterocycles. The Kier molecular flexibility index (Phi) is 4.78. The zero-order chi connectivity index (χ0) is 15.5. The van der Waals surface area contributed by atoms with Crippen molar-refractivity contribution in [1.29, 1.82) is 0 Å². The summed E-state index contributed by atoms with van der Waals surface area (Å²) in [6.07, 6.45) is 3.29. The Labute approximate surface area is 138 Å². The summed E-state index contributed by atoms with van der Waals surface area (Å²) < 4.78 is 0.846. The maximum absolute atomic E-state index is 12.7. The van der Waals surface area contributed by atoms with Gasteiger partial charge in [0.2, 0.25) is 5.91 Å². The van der Waals surface area contributed by atoms with E-state index in [4.69, 9.17) is 0 Å². The van der Waals surface area contributed by atoms with Gasteiger partial charge in [-0.1, -0.05) is 47.4 Å². The van der Waals surface area contributed by atoms with Crippen molar-refractivity contribution in [2.75, 3.05) is 7.05 Å². The SMILES string of the molecule is C[C@@H](Sc1nncs1)C(=O)N(C)[C@H]1CCCc2ccccc21. The fourth-order valence-corrected chi connectivity index (χ4v) is 4.71. The van der Waals surface area contributed by atoms with E-state index in [1.807, 2.05) is 18.9 Å². The lowest BCUT2D eigenvalue weighted by molar-refractivity contribution is -0.131. The van der Waals surface area contributed by atoms with Gasteiger partial charge in [-0.05, 0) is 37.3 Å². The summed E-state index contributed by atoms with van der Waals surface area (Å²) >= 11 is 2.96. The second-order valence-electron chi connectivity index (χ2n) is 5.52. The molecule has 2 atom stereocenters. The van der Waals surface area contributed by atoms with E-state index in [1.165, 1.54) is 34.2 Å². The number of hydrogen-bond donors (Lipinski definition) is 0. The highest BCUT2D eigenvalue weighted by molar-refractivity contribution is 8.02. The van der Waals surface area contributed by atoms with E-state index in [0.29, 0.717) is 0 Å². The van der Waals surface area contributed by atoms with Crippen molar-refractivity contribution < 1.29 is 4.79 Å². The summed E-state index contributed by atoms with van der Waals surface area (Å²) in [6.45, 7) is 1.94. The number of amides is 1. The smallest absolute Gasteiger partial charge is 0.236 e. The van der Waals surface area contributed by atoms with Crippen LogP contribution in [0.25, 0.3) is 0 Å². The first-order chi connectivity index (χ1) is 10.7. The summed E-state index contributed by atoms with van der Waals surface area (Å²) in [5, 5.41) is 7.68. The number of hydrogen-bond acceptors (Lipinski definition) is 5. The van der Waals surface area contributed by atoms with Crippen molar-refractivity contribution in [2.24, 2.45) is 0 Å². The van der Waals surface area contributed by atoms with Crippen molar-refractivity contribution in [3.8, 4) is 0 Å². The molecular formula is C16H19N3OS2. The van der Waals surface area contributed by atoms with Crippen molar-refractivity contribution in [1.82, 2.24) is 15.1 Å². The lowest BCUT2D eigenvalue weighted by Gasteiger charge is -2.34. The van der Waals surface area contributed by atoms with Gasteiger partial charge in [0.15, 0.2) is 4.34 Å². The minimum absolute atomic E-state index is 0.146. The van der Waals surface area contributed by atoms with E-state index in [-0.39, 0.29) is 17.2 Å². The van der Waals surface area contributed by atoms with Gasteiger partial charge in [-0.2, -0.15) is 0 Å². The van der Waals surface area contributed by atoms with Gasteiger partial charge in [0, 0.05) is 7.05 Å². The fraction of sp³-hybridized carbons (Fsp3) is 0.438. The quantitative estimate of drug-likeness (QED) is 0.803. The van der Waals surface area contributed by atoms with Gasteiger partial charge in [-0.3, -0.25) is 4.79 Å². The summed E-state index contributed by atoms with van der Waals surface area (Å²) in [5.41, 5.74) is 4.38. The molecular weight excluding hydrogens is 314 g/mol. The monoisotopic (exact) mass is 333 g/mol. The first-order valence-electron chi connectivity index (χ1n) is 7.44.